The maximum atomic E-state index is 14.1. The molecule has 0 N–H and O–H groups in total. The second-order valence-corrected chi connectivity index (χ2v) is 14.4. The van der Waals surface area contributed by atoms with Crippen molar-refractivity contribution >= 4 is 23.9 Å². The largest absolute Gasteiger partial charge is 0.462 e. The SMILES string of the molecule is O=C(OC1CCCCC1)C1C2C=CC(C1C(=O)OC1CCCCC1)C(C(=O)OC1CCCCC1)C2C(=O)OC1CCCCC1. The fourth-order valence-corrected chi connectivity index (χ4v) is 9.06. The van der Waals surface area contributed by atoms with Gasteiger partial charge in [0.1, 0.15) is 24.4 Å². The molecular weight excluding hydrogens is 560 g/mol. The molecule has 44 heavy (non-hydrogen) atoms. The van der Waals surface area contributed by atoms with E-state index < -0.39 is 59.4 Å². The molecular formula is C36H52O8. The first-order valence-corrected chi connectivity index (χ1v) is 18.0. The fraction of sp³-hybridized carbons (Fsp3) is 0.833. The molecule has 0 heterocycles. The number of ether oxygens (including phenoxy) is 4. The van der Waals surface area contributed by atoms with Gasteiger partial charge in [-0.2, -0.15) is 0 Å². The zero-order chi connectivity index (χ0) is 30.5. The van der Waals surface area contributed by atoms with Crippen molar-refractivity contribution in [3.8, 4) is 0 Å². The third kappa shape index (κ3) is 7.20. The molecule has 0 aromatic rings. The second-order valence-electron chi connectivity index (χ2n) is 14.4. The van der Waals surface area contributed by atoms with Crippen molar-refractivity contribution < 1.29 is 38.1 Å². The Bertz CT molecular complexity index is 886. The van der Waals surface area contributed by atoms with Gasteiger partial charge in [-0.1, -0.05) is 37.8 Å². The molecule has 4 unspecified atom stereocenters. The molecule has 2 bridgehead atoms. The molecule has 7 aliphatic carbocycles. The van der Waals surface area contributed by atoms with Crippen molar-refractivity contribution in [2.75, 3.05) is 0 Å². The van der Waals surface area contributed by atoms with Gasteiger partial charge in [0.15, 0.2) is 0 Å². The van der Waals surface area contributed by atoms with Crippen LogP contribution in [0.15, 0.2) is 12.2 Å². The van der Waals surface area contributed by atoms with Gasteiger partial charge in [-0.25, -0.2) is 0 Å². The summed E-state index contributed by atoms with van der Waals surface area (Å²) in [6.45, 7) is 0. The Morgan fingerprint density at radius 1 is 0.341 bits per heavy atom. The van der Waals surface area contributed by atoms with Crippen LogP contribution in [0.25, 0.3) is 0 Å². The van der Waals surface area contributed by atoms with Gasteiger partial charge in [-0.15, -0.1) is 0 Å². The second kappa shape index (κ2) is 14.8. The van der Waals surface area contributed by atoms with Gasteiger partial charge >= 0.3 is 23.9 Å². The molecule has 5 fully saturated rings. The summed E-state index contributed by atoms with van der Waals surface area (Å²) in [5, 5.41) is 0. The lowest BCUT2D eigenvalue weighted by Crippen LogP contribution is -2.59. The Morgan fingerprint density at radius 3 is 0.750 bits per heavy atom. The molecule has 0 aromatic carbocycles. The minimum Gasteiger partial charge on any atom is -0.462 e. The summed E-state index contributed by atoms with van der Waals surface area (Å²) in [4.78, 5) is 56.3. The third-order valence-electron chi connectivity index (χ3n) is 11.4. The molecule has 7 aliphatic rings. The van der Waals surface area contributed by atoms with E-state index in [4.69, 9.17) is 18.9 Å². The molecule has 244 valence electrons. The number of fused-ring (bicyclic) bond motifs is 2. The van der Waals surface area contributed by atoms with Crippen LogP contribution in [-0.4, -0.2) is 48.3 Å². The van der Waals surface area contributed by atoms with E-state index in [1.165, 1.54) is 0 Å². The molecule has 8 nitrogen and oxygen atoms in total. The van der Waals surface area contributed by atoms with Crippen LogP contribution in [0.5, 0.6) is 0 Å². The average molecular weight is 613 g/mol. The predicted molar refractivity (Wildman–Crippen MR) is 162 cm³/mol. The van der Waals surface area contributed by atoms with E-state index in [1.807, 2.05) is 12.2 Å². The van der Waals surface area contributed by atoms with E-state index >= 15 is 0 Å². The van der Waals surface area contributed by atoms with Gasteiger partial charge in [-0.3, -0.25) is 19.2 Å². The molecule has 0 radical (unpaired) electrons. The normalized spacial score (nSPS) is 33.8. The van der Waals surface area contributed by atoms with Crippen LogP contribution in [-0.2, 0) is 38.1 Å². The van der Waals surface area contributed by atoms with Gasteiger partial charge < -0.3 is 18.9 Å². The lowest BCUT2D eigenvalue weighted by atomic mass is 9.53. The van der Waals surface area contributed by atoms with Crippen molar-refractivity contribution in [3.63, 3.8) is 0 Å². The molecule has 4 atom stereocenters. The molecule has 0 spiro atoms. The molecule has 0 aromatic heterocycles. The Balaban J connectivity index is 1.30. The van der Waals surface area contributed by atoms with Gasteiger partial charge in [0.05, 0.1) is 23.7 Å². The van der Waals surface area contributed by atoms with Gasteiger partial charge in [0, 0.05) is 11.8 Å². The van der Waals surface area contributed by atoms with Crippen LogP contribution >= 0.6 is 0 Å². The van der Waals surface area contributed by atoms with Gasteiger partial charge in [0.25, 0.3) is 0 Å². The number of rotatable bonds is 8. The zero-order valence-corrected chi connectivity index (χ0v) is 26.3. The highest BCUT2D eigenvalue weighted by Gasteiger charge is 2.63. The number of hydrogen-bond donors (Lipinski definition) is 0. The molecule has 8 heteroatoms. The highest BCUT2D eigenvalue weighted by molar-refractivity contribution is 5.90. The summed E-state index contributed by atoms with van der Waals surface area (Å²) in [6, 6.07) is 0. The van der Waals surface area contributed by atoms with Crippen molar-refractivity contribution in [1.82, 2.24) is 0 Å². The van der Waals surface area contributed by atoms with E-state index in [9.17, 15) is 19.2 Å². The van der Waals surface area contributed by atoms with Crippen LogP contribution in [0.2, 0.25) is 0 Å². The van der Waals surface area contributed by atoms with Crippen LogP contribution < -0.4 is 0 Å². The number of carbonyl (C=O) groups excluding carboxylic acids is 4. The summed E-state index contributed by atoms with van der Waals surface area (Å²) < 4.78 is 24.4. The van der Waals surface area contributed by atoms with Crippen LogP contribution in [0.3, 0.4) is 0 Å². The molecule has 0 saturated heterocycles. The van der Waals surface area contributed by atoms with E-state index in [0.717, 1.165) is 128 Å². The summed E-state index contributed by atoms with van der Waals surface area (Å²) in [5.74, 6) is -6.77. The van der Waals surface area contributed by atoms with Gasteiger partial charge in [-0.05, 0) is 103 Å². The fourth-order valence-electron chi connectivity index (χ4n) is 9.06. The van der Waals surface area contributed by atoms with E-state index in [-0.39, 0.29) is 24.4 Å². The lowest BCUT2D eigenvalue weighted by molar-refractivity contribution is -0.193. The van der Waals surface area contributed by atoms with Crippen molar-refractivity contribution in [2.24, 2.45) is 35.5 Å². The highest BCUT2D eigenvalue weighted by Crippen LogP contribution is 2.54. The predicted octanol–water partition coefficient (Wildman–Crippen LogP) is 6.77. The minimum absolute atomic E-state index is 0.185. The van der Waals surface area contributed by atoms with E-state index in [0.29, 0.717) is 0 Å². The number of carbonyl (C=O) groups is 4. The number of hydrogen-bond acceptors (Lipinski definition) is 8. The first kappa shape index (κ1) is 31.6. The smallest absolute Gasteiger partial charge is 0.310 e. The maximum Gasteiger partial charge on any atom is 0.310 e. The Labute approximate surface area is 262 Å². The maximum absolute atomic E-state index is 14.1. The Kier molecular flexibility index (Phi) is 10.6. The quantitative estimate of drug-likeness (QED) is 0.168. The minimum atomic E-state index is -0.898. The Morgan fingerprint density at radius 2 is 0.545 bits per heavy atom. The van der Waals surface area contributed by atoms with Crippen LogP contribution in [0.1, 0.15) is 128 Å². The van der Waals surface area contributed by atoms with Crippen LogP contribution in [0.4, 0.5) is 0 Å². The van der Waals surface area contributed by atoms with Gasteiger partial charge in [0.2, 0.25) is 0 Å². The summed E-state index contributed by atoms with van der Waals surface area (Å²) in [5.41, 5.74) is 0. The van der Waals surface area contributed by atoms with Crippen molar-refractivity contribution in [1.29, 1.82) is 0 Å². The zero-order valence-electron chi connectivity index (χ0n) is 26.3. The monoisotopic (exact) mass is 612 g/mol. The van der Waals surface area contributed by atoms with E-state index in [2.05, 4.69) is 0 Å². The highest BCUT2D eigenvalue weighted by atomic mass is 16.6. The molecule has 0 amide bonds. The van der Waals surface area contributed by atoms with E-state index in [1.54, 1.807) is 0 Å². The molecule has 7 rings (SSSR count). The standard InChI is InChI=1S/C36H52O8/c37-33(41-23-13-5-1-6-14-23)29-27-21-22-28(30(29)34(38)42-24-15-7-2-8-16-24)32(36(40)44-26-19-11-4-12-20-26)31(27)35(39)43-25-17-9-3-10-18-25/h21-32H,1-20H2. The Hall–Kier alpha value is -2.38. The van der Waals surface area contributed by atoms with Crippen LogP contribution in [0, 0.1) is 35.5 Å². The summed E-state index contributed by atoms with van der Waals surface area (Å²) >= 11 is 0. The first-order valence-electron chi connectivity index (χ1n) is 18.0. The van der Waals surface area contributed by atoms with Crippen molar-refractivity contribution in [2.45, 2.75) is 153 Å². The topological polar surface area (TPSA) is 105 Å². The average Bonchev–Trinajstić information content (AvgIpc) is 3.06. The summed E-state index contributed by atoms with van der Waals surface area (Å²) in [6.07, 6.45) is 22.0. The molecule has 0 aliphatic heterocycles. The number of allylic oxidation sites excluding steroid dienone is 2. The number of esters is 4. The lowest BCUT2D eigenvalue weighted by Gasteiger charge is -2.50. The molecule has 5 saturated carbocycles. The first-order chi connectivity index (χ1) is 21.5. The third-order valence-corrected chi connectivity index (χ3v) is 11.4. The summed E-state index contributed by atoms with van der Waals surface area (Å²) in [7, 11) is 0. The van der Waals surface area contributed by atoms with Crippen molar-refractivity contribution in [3.05, 3.63) is 12.2 Å².